The fraction of sp³-hybridized carbons (Fsp3) is 0.765. The van der Waals surface area contributed by atoms with Crippen LogP contribution in [0.25, 0.3) is 0 Å². The molecule has 0 aliphatic carbocycles. The molecule has 2 rings (SSSR count). The number of urea groups is 1. The maximum absolute atomic E-state index is 12.8. The van der Waals surface area contributed by atoms with Crippen molar-refractivity contribution in [2.45, 2.75) is 52.1 Å². The third kappa shape index (κ3) is 4.24. The van der Waals surface area contributed by atoms with E-state index in [1.54, 1.807) is 0 Å². The standard InChI is InChI=1S/C17H28N2O3/c1-3-5-10-18(11-6-4-2)17(21)19-12-9-14-7-8-16(20)22-15(14)13-19/h7-8,14-15H,3-6,9-13H2,1-2H3/t14-,15+/m0/s1. The Balaban J connectivity index is 1.95. The number of hydrogen-bond donors (Lipinski definition) is 0. The second-order valence-corrected chi connectivity index (χ2v) is 6.21. The van der Waals surface area contributed by atoms with Gasteiger partial charge in [0.25, 0.3) is 0 Å². The molecule has 1 saturated heterocycles. The molecule has 2 atom stereocenters. The van der Waals surface area contributed by atoms with Crippen molar-refractivity contribution in [2.24, 2.45) is 5.92 Å². The van der Waals surface area contributed by atoms with Crippen LogP contribution in [0.15, 0.2) is 12.2 Å². The number of unbranched alkanes of at least 4 members (excludes halogenated alkanes) is 2. The molecule has 1 fully saturated rings. The molecule has 0 N–H and O–H groups in total. The van der Waals surface area contributed by atoms with Crippen LogP contribution in [0, 0.1) is 5.92 Å². The van der Waals surface area contributed by atoms with Gasteiger partial charge < -0.3 is 14.5 Å². The molecule has 0 bridgehead atoms. The molecule has 2 aliphatic heterocycles. The molecule has 0 saturated carbocycles. The fourth-order valence-electron chi connectivity index (χ4n) is 3.04. The first-order valence-electron chi connectivity index (χ1n) is 8.58. The molecule has 5 nitrogen and oxygen atoms in total. The molecule has 0 unspecified atom stereocenters. The number of esters is 1. The Hall–Kier alpha value is -1.52. The lowest BCUT2D eigenvalue weighted by Gasteiger charge is -2.40. The zero-order valence-corrected chi connectivity index (χ0v) is 13.8. The third-order valence-electron chi connectivity index (χ3n) is 4.46. The summed E-state index contributed by atoms with van der Waals surface area (Å²) < 4.78 is 5.37. The van der Waals surface area contributed by atoms with Gasteiger partial charge in [0.2, 0.25) is 0 Å². The number of carbonyl (C=O) groups is 2. The second kappa shape index (κ2) is 8.20. The van der Waals surface area contributed by atoms with Gasteiger partial charge in [-0.3, -0.25) is 0 Å². The minimum Gasteiger partial charge on any atom is -0.457 e. The lowest BCUT2D eigenvalue weighted by molar-refractivity contribution is -0.149. The van der Waals surface area contributed by atoms with Gasteiger partial charge in [-0.05, 0) is 19.3 Å². The molecule has 0 aromatic carbocycles. The molecule has 22 heavy (non-hydrogen) atoms. The lowest BCUT2D eigenvalue weighted by atomic mass is 9.92. The van der Waals surface area contributed by atoms with Gasteiger partial charge in [-0.25, -0.2) is 9.59 Å². The number of piperidine rings is 1. The van der Waals surface area contributed by atoms with Crippen LogP contribution in [0.5, 0.6) is 0 Å². The SMILES string of the molecule is CCCCN(CCCC)C(=O)N1CC[C@@H]2C=CC(=O)O[C@@H]2C1. The van der Waals surface area contributed by atoms with Gasteiger partial charge >= 0.3 is 12.0 Å². The molecule has 0 aromatic heterocycles. The number of carbonyl (C=O) groups excluding carboxylic acids is 2. The maximum atomic E-state index is 12.8. The Bertz CT molecular complexity index is 414. The molecule has 0 radical (unpaired) electrons. The largest absolute Gasteiger partial charge is 0.457 e. The van der Waals surface area contributed by atoms with Gasteiger partial charge in [-0.2, -0.15) is 0 Å². The first-order valence-corrected chi connectivity index (χ1v) is 8.58. The van der Waals surface area contributed by atoms with E-state index >= 15 is 0 Å². The summed E-state index contributed by atoms with van der Waals surface area (Å²) in [4.78, 5) is 28.0. The van der Waals surface area contributed by atoms with Crippen molar-refractivity contribution in [3.8, 4) is 0 Å². The van der Waals surface area contributed by atoms with Crippen molar-refractivity contribution >= 4 is 12.0 Å². The zero-order chi connectivity index (χ0) is 15.9. The van der Waals surface area contributed by atoms with Crippen molar-refractivity contribution in [2.75, 3.05) is 26.2 Å². The van der Waals surface area contributed by atoms with Crippen LogP contribution in [0.2, 0.25) is 0 Å². The van der Waals surface area contributed by atoms with Gasteiger partial charge in [0, 0.05) is 31.6 Å². The van der Waals surface area contributed by atoms with E-state index in [0.717, 1.165) is 51.7 Å². The Kier molecular flexibility index (Phi) is 6.28. The van der Waals surface area contributed by atoms with Crippen LogP contribution < -0.4 is 0 Å². The zero-order valence-electron chi connectivity index (χ0n) is 13.8. The summed E-state index contributed by atoms with van der Waals surface area (Å²) in [7, 11) is 0. The van der Waals surface area contributed by atoms with E-state index in [4.69, 9.17) is 4.74 Å². The number of nitrogens with zero attached hydrogens (tertiary/aromatic N) is 2. The molecular formula is C17H28N2O3. The van der Waals surface area contributed by atoms with Crippen LogP contribution in [0.3, 0.4) is 0 Å². The number of rotatable bonds is 6. The smallest absolute Gasteiger partial charge is 0.330 e. The summed E-state index contributed by atoms with van der Waals surface area (Å²) in [5.41, 5.74) is 0. The maximum Gasteiger partial charge on any atom is 0.330 e. The summed E-state index contributed by atoms with van der Waals surface area (Å²) in [5, 5.41) is 0. The normalized spacial score (nSPS) is 23.9. The van der Waals surface area contributed by atoms with E-state index in [0.29, 0.717) is 6.54 Å². The molecule has 0 aromatic rings. The topological polar surface area (TPSA) is 49.9 Å². The van der Waals surface area contributed by atoms with Gasteiger partial charge in [0.05, 0.1) is 6.54 Å². The van der Waals surface area contributed by atoms with Gasteiger partial charge in [-0.15, -0.1) is 0 Å². The predicted molar refractivity (Wildman–Crippen MR) is 85.5 cm³/mol. The van der Waals surface area contributed by atoms with Crippen LogP contribution in [0.1, 0.15) is 46.0 Å². The summed E-state index contributed by atoms with van der Waals surface area (Å²) >= 11 is 0. The second-order valence-electron chi connectivity index (χ2n) is 6.21. The van der Waals surface area contributed by atoms with E-state index in [1.165, 1.54) is 6.08 Å². The fourth-order valence-corrected chi connectivity index (χ4v) is 3.04. The van der Waals surface area contributed by atoms with Crippen LogP contribution in [-0.2, 0) is 9.53 Å². The van der Waals surface area contributed by atoms with Crippen molar-refractivity contribution in [3.05, 3.63) is 12.2 Å². The first-order chi connectivity index (χ1) is 10.7. The van der Waals surface area contributed by atoms with Gasteiger partial charge in [0.1, 0.15) is 6.10 Å². The minimum absolute atomic E-state index is 0.103. The van der Waals surface area contributed by atoms with Crippen LogP contribution >= 0.6 is 0 Å². The first kappa shape index (κ1) is 16.8. The molecule has 2 aliphatic rings. The average Bonchev–Trinajstić information content (AvgIpc) is 2.53. The Morgan fingerprint density at radius 2 is 2.00 bits per heavy atom. The third-order valence-corrected chi connectivity index (χ3v) is 4.46. The van der Waals surface area contributed by atoms with Crippen molar-refractivity contribution in [1.29, 1.82) is 0 Å². The number of amides is 2. The molecule has 5 heteroatoms. The Morgan fingerprint density at radius 3 is 2.64 bits per heavy atom. The quantitative estimate of drug-likeness (QED) is 0.709. The molecule has 2 heterocycles. The summed E-state index contributed by atoms with van der Waals surface area (Å²) in [6.45, 7) is 7.19. The summed E-state index contributed by atoms with van der Waals surface area (Å²) in [6.07, 6.45) is 8.38. The van der Waals surface area contributed by atoms with Crippen molar-refractivity contribution in [3.63, 3.8) is 0 Å². The van der Waals surface area contributed by atoms with E-state index in [1.807, 2.05) is 15.9 Å². The summed E-state index contributed by atoms with van der Waals surface area (Å²) in [5.74, 6) is -0.0224. The van der Waals surface area contributed by atoms with Gasteiger partial charge in [-0.1, -0.05) is 32.8 Å². The van der Waals surface area contributed by atoms with Crippen LogP contribution in [-0.4, -0.2) is 54.1 Å². The van der Waals surface area contributed by atoms with E-state index < -0.39 is 0 Å². The number of fused-ring (bicyclic) bond motifs is 1. The van der Waals surface area contributed by atoms with Gasteiger partial charge in [0.15, 0.2) is 0 Å². The minimum atomic E-state index is -0.288. The Morgan fingerprint density at radius 1 is 1.32 bits per heavy atom. The number of hydrogen-bond acceptors (Lipinski definition) is 3. The summed E-state index contributed by atoms with van der Waals surface area (Å²) in [6, 6.07) is 0.103. The average molecular weight is 308 g/mol. The molecule has 124 valence electrons. The van der Waals surface area contributed by atoms with E-state index in [2.05, 4.69) is 13.8 Å². The molecular weight excluding hydrogens is 280 g/mol. The highest BCUT2D eigenvalue weighted by Gasteiger charge is 2.35. The number of ether oxygens (including phenoxy) is 1. The van der Waals surface area contributed by atoms with Crippen molar-refractivity contribution < 1.29 is 14.3 Å². The van der Waals surface area contributed by atoms with Crippen molar-refractivity contribution in [1.82, 2.24) is 9.80 Å². The highest BCUT2D eigenvalue weighted by molar-refractivity contribution is 5.83. The lowest BCUT2D eigenvalue weighted by Crippen LogP contribution is -2.53. The molecule has 2 amide bonds. The number of likely N-dealkylation sites (tertiary alicyclic amines) is 1. The monoisotopic (exact) mass is 308 g/mol. The molecule has 0 spiro atoms. The van der Waals surface area contributed by atoms with Crippen LogP contribution in [0.4, 0.5) is 4.79 Å². The Labute approximate surface area is 133 Å². The highest BCUT2D eigenvalue weighted by Crippen LogP contribution is 2.25. The van der Waals surface area contributed by atoms with E-state index in [-0.39, 0.29) is 24.0 Å². The van der Waals surface area contributed by atoms with E-state index in [9.17, 15) is 9.59 Å². The highest BCUT2D eigenvalue weighted by atomic mass is 16.5. The predicted octanol–water partition coefficient (Wildman–Crippen LogP) is 2.81.